The van der Waals surface area contributed by atoms with Gasteiger partial charge in [-0.15, -0.1) is 0 Å². The van der Waals surface area contributed by atoms with Crippen LogP contribution in [0.4, 0.5) is 5.69 Å². The lowest BCUT2D eigenvalue weighted by atomic mass is 9.85. The molecule has 0 fully saturated rings. The minimum Gasteiger partial charge on any atom is -0.481 e. The lowest BCUT2D eigenvalue weighted by molar-refractivity contribution is -0.139. The zero-order valence-corrected chi connectivity index (χ0v) is 12.5. The van der Waals surface area contributed by atoms with Gasteiger partial charge in [0, 0.05) is 18.6 Å². The fourth-order valence-corrected chi connectivity index (χ4v) is 2.31. The maximum atomic E-state index is 12.0. The summed E-state index contributed by atoms with van der Waals surface area (Å²) in [6.07, 6.45) is -0.0145. The van der Waals surface area contributed by atoms with Crippen molar-refractivity contribution in [2.75, 3.05) is 12.1 Å². The van der Waals surface area contributed by atoms with Crippen molar-refractivity contribution in [3.63, 3.8) is 0 Å². The topological polar surface area (TPSA) is 84.9 Å². The van der Waals surface area contributed by atoms with Crippen LogP contribution in [0.5, 0.6) is 11.5 Å². The molecule has 0 bridgehead atoms. The van der Waals surface area contributed by atoms with Gasteiger partial charge < -0.3 is 19.9 Å². The van der Waals surface area contributed by atoms with E-state index in [1.54, 1.807) is 26.0 Å². The van der Waals surface area contributed by atoms with Crippen LogP contribution < -0.4 is 14.8 Å². The molecule has 0 aliphatic carbocycles. The molecule has 1 aliphatic rings. The SMILES string of the molecule is CC(C)(CC(=O)O)CC(=O)Nc1cc2c(cc1Cl)OCO2. The van der Waals surface area contributed by atoms with Gasteiger partial charge in [-0.05, 0) is 5.41 Å². The number of carbonyl (C=O) groups is 2. The first-order chi connectivity index (χ1) is 9.77. The van der Waals surface area contributed by atoms with Crippen LogP contribution in [-0.2, 0) is 9.59 Å². The number of aliphatic carboxylic acids is 1. The van der Waals surface area contributed by atoms with E-state index in [4.69, 9.17) is 26.2 Å². The fourth-order valence-electron chi connectivity index (χ4n) is 2.11. The Bertz CT molecular complexity index is 585. The van der Waals surface area contributed by atoms with Crippen LogP contribution in [-0.4, -0.2) is 23.8 Å². The number of halogens is 1. The maximum Gasteiger partial charge on any atom is 0.303 e. The van der Waals surface area contributed by atoms with Crippen molar-refractivity contribution < 1.29 is 24.2 Å². The second-order valence-corrected chi connectivity index (χ2v) is 6.05. The Morgan fingerprint density at radius 3 is 2.52 bits per heavy atom. The van der Waals surface area contributed by atoms with E-state index in [-0.39, 0.29) is 25.5 Å². The second-order valence-electron chi connectivity index (χ2n) is 5.64. The van der Waals surface area contributed by atoms with Gasteiger partial charge in [-0.2, -0.15) is 0 Å². The van der Waals surface area contributed by atoms with Crippen molar-refractivity contribution in [1.29, 1.82) is 0 Å². The van der Waals surface area contributed by atoms with Gasteiger partial charge >= 0.3 is 5.97 Å². The monoisotopic (exact) mass is 313 g/mol. The third kappa shape index (κ3) is 4.01. The number of hydrogen-bond donors (Lipinski definition) is 2. The van der Waals surface area contributed by atoms with Crippen LogP contribution in [0.1, 0.15) is 26.7 Å². The molecule has 2 rings (SSSR count). The summed E-state index contributed by atoms with van der Waals surface area (Å²) < 4.78 is 10.4. The largest absolute Gasteiger partial charge is 0.481 e. The maximum absolute atomic E-state index is 12.0. The minimum atomic E-state index is -0.936. The summed E-state index contributed by atoms with van der Waals surface area (Å²) in [5, 5.41) is 11.8. The lowest BCUT2D eigenvalue weighted by Gasteiger charge is -2.21. The van der Waals surface area contributed by atoms with Crippen LogP contribution in [0.2, 0.25) is 5.02 Å². The fraction of sp³-hybridized carbons (Fsp3) is 0.429. The predicted octanol–water partition coefficient (Wildman–Crippen LogP) is 2.90. The number of carboxylic acids is 1. The molecule has 0 aromatic heterocycles. The summed E-state index contributed by atoms with van der Waals surface area (Å²) in [5.41, 5.74) is -0.226. The molecule has 114 valence electrons. The zero-order valence-electron chi connectivity index (χ0n) is 11.7. The Morgan fingerprint density at radius 2 is 1.90 bits per heavy atom. The van der Waals surface area contributed by atoms with E-state index in [1.807, 2.05) is 0 Å². The van der Waals surface area contributed by atoms with Crippen molar-refractivity contribution >= 4 is 29.2 Å². The van der Waals surface area contributed by atoms with Crippen LogP contribution in [0.15, 0.2) is 12.1 Å². The first-order valence-electron chi connectivity index (χ1n) is 6.38. The van der Waals surface area contributed by atoms with E-state index in [0.29, 0.717) is 22.2 Å². The molecular weight excluding hydrogens is 298 g/mol. The number of carboxylic acid groups (broad SMARTS) is 1. The first kappa shape index (κ1) is 15.4. The number of amides is 1. The minimum absolute atomic E-state index is 0.0735. The molecule has 1 aromatic carbocycles. The lowest BCUT2D eigenvalue weighted by Crippen LogP contribution is -2.24. The number of ether oxygens (including phenoxy) is 2. The smallest absolute Gasteiger partial charge is 0.303 e. The molecule has 1 amide bonds. The second kappa shape index (κ2) is 5.81. The molecule has 1 aliphatic heterocycles. The van der Waals surface area contributed by atoms with E-state index in [9.17, 15) is 9.59 Å². The van der Waals surface area contributed by atoms with Crippen LogP contribution >= 0.6 is 11.6 Å². The summed E-state index contributed by atoms with van der Waals surface area (Å²) in [6, 6.07) is 3.16. The molecule has 2 N–H and O–H groups in total. The quantitative estimate of drug-likeness (QED) is 0.873. The Balaban J connectivity index is 2.05. The van der Waals surface area contributed by atoms with E-state index >= 15 is 0 Å². The highest BCUT2D eigenvalue weighted by atomic mass is 35.5. The van der Waals surface area contributed by atoms with Crippen molar-refractivity contribution in [1.82, 2.24) is 0 Å². The standard InChI is InChI=1S/C14H16ClNO5/c1-14(2,6-13(18)19)5-12(17)16-9-4-11-10(3-8(9)15)20-7-21-11/h3-4H,5-7H2,1-2H3,(H,16,17)(H,18,19). The van der Waals surface area contributed by atoms with Gasteiger partial charge in [-0.25, -0.2) is 0 Å². The van der Waals surface area contributed by atoms with Crippen LogP contribution in [0.25, 0.3) is 0 Å². The molecule has 1 heterocycles. The van der Waals surface area contributed by atoms with E-state index in [0.717, 1.165) is 0 Å². The molecule has 0 atom stereocenters. The summed E-state index contributed by atoms with van der Waals surface area (Å²) in [4.78, 5) is 22.8. The summed E-state index contributed by atoms with van der Waals surface area (Å²) in [7, 11) is 0. The van der Waals surface area contributed by atoms with Gasteiger partial charge in [-0.1, -0.05) is 25.4 Å². The first-order valence-corrected chi connectivity index (χ1v) is 6.75. The van der Waals surface area contributed by atoms with E-state index in [1.165, 1.54) is 0 Å². The van der Waals surface area contributed by atoms with Crippen molar-refractivity contribution in [3.05, 3.63) is 17.2 Å². The summed E-state index contributed by atoms with van der Waals surface area (Å²) in [6.45, 7) is 3.57. The number of anilines is 1. The Labute approximate surface area is 127 Å². The third-order valence-corrected chi connectivity index (χ3v) is 3.32. The number of rotatable bonds is 5. The highest BCUT2D eigenvalue weighted by Crippen LogP contribution is 2.39. The Morgan fingerprint density at radius 1 is 1.29 bits per heavy atom. The van der Waals surface area contributed by atoms with Gasteiger partial charge in [0.15, 0.2) is 11.5 Å². The molecule has 1 aromatic rings. The highest BCUT2D eigenvalue weighted by molar-refractivity contribution is 6.34. The molecular formula is C14H16ClNO5. The average molecular weight is 314 g/mol. The number of hydrogen-bond acceptors (Lipinski definition) is 4. The van der Waals surface area contributed by atoms with Gasteiger partial charge in [0.1, 0.15) is 0 Å². The molecule has 0 saturated carbocycles. The molecule has 0 unspecified atom stereocenters. The average Bonchev–Trinajstić information content (AvgIpc) is 2.73. The van der Waals surface area contributed by atoms with Crippen LogP contribution in [0, 0.1) is 5.41 Å². The third-order valence-electron chi connectivity index (χ3n) is 3.01. The van der Waals surface area contributed by atoms with Crippen molar-refractivity contribution in [3.8, 4) is 11.5 Å². The zero-order chi connectivity index (χ0) is 15.6. The van der Waals surface area contributed by atoms with Crippen molar-refractivity contribution in [2.45, 2.75) is 26.7 Å². The van der Waals surface area contributed by atoms with Gasteiger partial charge in [0.25, 0.3) is 0 Å². The van der Waals surface area contributed by atoms with Gasteiger partial charge in [-0.3, -0.25) is 9.59 Å². The summed E-state index contributed by atoms with van der Waals surface area (Å²) >= 11 is 6.06. The Kier molecular flexibility index (Phi) is 4.27. The van der Waals surface area contributed by atoms with E-state index in [2.05, 4.69) is 5.32 Å². The molecule has 0 spiro atoms. The normalized spacial score (nSPS) is 13.1. The number of fused-ring (bicyclic) bond motifs is 1. The van der Waals surface area contributed by atoms with Crippen molar-refractivity contribution in [2.24, 2.45) is 5.41 Å². The molecule has 7 heteroatoms. The number of nitrogens with one attached hydrogen (secondary N) is 1. The molecule has 21 heavy (non-hydrogen) atoms. The Hall–Kier alpha value is -1.95. The van der Waals surface area contributed by atoms with Gasteiger partial charge in [0.05, 0.1) is 17.1 Å². The summed E-state index contributed by atoms with van der Waals surface area (Å²) in [5.74, 6) is -0.195. The van der Waals surface area contributed by atoms with E-state index < -0.39 is 11.4 Å². The van der Waals surface area contributed by atoms with Gasteiger partial charge in [0.2, 0.25) is 12.7 Å². The van der Waals surface area contributed by atoms with Crippen LogP contribution in [0.3, 0.4) is 0 Å². The highest BCUT2D eigenvalue weighted by Gasteiger charge is 2.26. The number of benzene rings is 1. The molecule has 0 radical (unpaired) electrons. The molecule has 0 saturated heterocycles. The molecule has 6 nitrogen and oxygen atoms in total. The number of carbonyl (C=O) groups excluding carboxylic acids is 1. The predicted molar refractivity (Wildman–Crippen MR) is 76.9 cm³/mol.